The van der Waals surface area contributed by atoms with E-state index in [1.807, 2.05) is 13.0 Å². The number of carbonyl (C=O) groups is 1. The lowest BCUT2D eigenvalue weighted by molar-refractivity contribution is 0.0314. The number of aryl methyl sites for hydroxylation is 1. The molecule has 0 spiro atoms. The van der Waals surface area contributed by atoms with Crippen LogP contribution in [0.5, 0.6) is 11.5 Å². The minimum Gasteiger partial charge on any atom is -0.503 e. The number of nitrogens with zero attached hydrogens (tertiary/aromatic N) is 2. The van der Waals surface area contributed by atoms with Crippen LogP contribution in [-0.4, -0.2) is 67.3 Å². The number of hydrogen-bond donors (Lipinski definition) is 1. The first-order valence-corrected chi connectivity index (χ1v) is 11.9. The summed E-state index contributed by atoms with van der Waals surface area (Å²) in [5, 5.41) is 10.8. The molecule has 1 unspecified atom stereocenters. The van der Waals surface area contributed by atoms with Gasteiger partial charge in [0.25, 0.3) is 5.91 Å². The van der Waals surface area contributed by atoms with E-state index in [4.69, 9.17) is 13.9 Å². The van der Waals surface area contributed by atoms with Crippen molar-refractivity contribution in [2.24, 2.45) is 0 Å². The van der Waals surface area contributed by atoms with Gasteiger partial charge in [0.1, 0.15) is 5.58 Å². The van der Waals surface area contributed by atoms with E-state index in [0.717, 1.165) is 18.7 Å². The third kappa shape index (κ3) is 3.87. The van der Waals surface area contributed by atoms with Gasteiger partial charge >= 0.3 is 0 Å². The number of halogens is 1. The number of carbonyl (C=O) groups excluding carboxylic acids is 1. The lowest BCUT2D eigenvalue weighted by atomic mass is 9.97. The monoisotopic (exact) mass is 528 g/mol. The highest BCUT2D eigenvalue weighted by atomic mass is 79.9. The van der Waals surface area contributed by atoms with Crippen molar-refractivity contribution < 1.29 is 23.8 Å². The number of rotatable bonds is 5. The average molecular weight is 529 g/mol. The van der Waals surface area contributed by atoms with Gasteiger partial charge in [-0.15, -0.1) is 0 Å². The first-order valence-electron chi connectivity index (χ1n) is 11.1. The molecular weight excluding hydrogens is 504 g/mol. The molecule has 0 bridgehead atoms. The predicted molar refractivity (Wildman–Crippen MR) is 130 cm³/mol. The summed E-state index contributed by atoms with van der Waals surface area (Å²) in [5.74, 6) is -0.0521. The number of phenolic OH excluding ortho intramolecular Hbond substituents is 1. The van der Waals surface area contributed by atoms with Crippen molar-refractivity contribution in [2.45, 2.75) is 13.0 Å². The Morgan fingerprint density at radius 3 is 2.65 bits per heavy atom. The minimum atomic E-state index is -0.671. The molecule has 9 heteroatoms. The molecule has 3 aromatic rings. The molecule has 1 atom stereocenters. The molecule has 34 heavy (non-hydrogen) atoms. The van der Waals surface area contributed by atoms with Crippen molar-refractivity contribution in [1.29, 1.82) is 0 Å². The second-order valence-electron chi connectivity index (χ2n) is 8.58. The van der Waals surface area contributed by atoms with E-state index in [2.05, 4.69) is 20.8 Å². The SMILES string of the molecule is COc1cc(C2c3c(oc4ccc(C)cc4c3=O)C(=O)N2CCN2CCOCC2)cc(Br)c1O. The van der Waals surface area contributed by atoms with Crippen LogP contribution in [0.3, 0.4) is 0 Å². The molecule has 0 saturated carbocycles. The number of methoxy groups -OCH3 is 1. The Labute approximate surface area is 204 Å². The zero-order valence-corrected chi connectivity index (χ0v) is 20.6. The Balaban J connectivity index is 1.65. The van der Waals surface area contributed by atoms with Gasteiger partial charge in [-0.1, -0.05) is 11.6 Å². The van der Waals surface area contributed by atoms with Crippen LogP contribution in [0, 0.1) is 6.92 Å². The molecule has 178 valence electrons. The van der Waals surface area contributed by atoms with E-state index >= 15 is 0 Å². The van der Waals surface area contributed by atoms with Crippen LogP contribution in [0.2, 0.25) is 0 Å². The van der Waals surface area contributed by atoms with Crippen LogP contribution in [0.25, 0.3) is 11.0 Å². The quantitative estimate of drug-likeness (QED) is 0.542. The van der Waals surface area contributed by atoms with Gasteiger partial charge in [0.2, 0.25) is 5.76 Å². The Morgan fingerprint density at radius 1 is 1.15 bits per heavy atom. The fourth-order valence-electron chi connectivity index (χ4n) is 4.69. The van der Waals surface area contributed by atoms with Gasteiger partial charge in [-0.05, 0) is 52.7 Å². The molecule has 2 aromatic carbocycles. The third-order valence-electron chi connectivity index (χ3n) is 6.47. The average Bonchev–Trinajstić information content (AvgIpc) is 3.12. The summed E-state index contributed by atoms with van der Waals surface area (Å²) in [7, 11) is 1.46. The number of hydrogen-bond acceptors (Lipinski definition) is 7. The van der Waals surface area contributed by atoms with Gasteiger partial charge in [-0.3, -0.25) is 14.5 Å². The lowest BCUT2D eigenvalue weighted by Crippen LogP contribution is -2.42. The molecule has 0 radical (unpaired) electrons. The van der Waals surface area contributed by atoms with Crippen LogP contribution < -0.4 is 10.2 Å². The normalized spacial score (nSPS) is 18.5. The van der Waals surface area contributed by atoms with Crippen molar-refractivity contribution in [3.8, 4) is 11.5 Å². The van der Waals surface area contributed by atoms with Crippen molar-refractivity contribution >= 4 is 32.8 Å². The number of fused-ring (bicyclic) bond motifs is 2. The Kier molecular flexibility index (Phi) is 6.09. The molecule has 3 heterocycles. The smallest absolute Gasteiger partial charge is 0.290 e. The van der Waals surface area contributed by atoms with Crippen LogP contribution >= 0.6 is 15.9 Å². The highest BCUT2D eigenvalue weighted by molar-refractivity contribution is 9.10. The summed E-state index contributed by atoms with van der Waals surface area (Å²) in [5.41, 5.74) is 2.05. The highest BCUT2D eigenvalue weighted by Crippen LogP contribution is 2.43. The Bertz CT molecular complexity index is 1330. The second kappa shape index (κ2) is 9.05. The molecule has 1 N–H and O–H groups in total. The number of phenols is 1. The number of aromatic hydroxyl groups is 1. The third-order valence-corrected chi connectivity index (χ3v) is 7.07. The minimum absolute atomic E-state index is 0.0446. The summed E-state index contributed by atoms with van der Waals surface area (Å²) in [6.45, 7) is 5.85. The topological polar surface area (TPSA) is 92.5 Å². The zero-order valence-electron chi connectivity index (χ0n) is 19.0. The maximum absolute atomic E-state index is 13.7. The largest absolute Gasteiger partial charge is 0.503 e. The van der Waals surface area contributed by atoms with Crippen molar-refractivity contribution in [3.05, 3.63) is 67.5 Å². The highest BCUT2D eigenvalue weighted by Gasteiger charge is 2.43. The molecule has 1 saturated heterocycles. The summed E-state index contributed by atoms with van der Waals surface area (Å²) in [6, 6.07) is 8.07. The van der Waals surface area contributed by atoms with Crippen LogP contribution in [0.4, 0.5) is 0 Å². The van der Waals surface area contributed by atoms with Crippen LogP contribution in [0.15, 0.2) is 44.0 Å². The first kappa shape index (κ1) is 22.9. The summed E-state index contributed by atoms with van der Waals surface area (Å²) < 4.78 is 17.2. The predicted octanol–water partition coefficient (Wildman–Crippen LogP) is 3.46. The number of amides is 1. The fourth-order valence-corrected chi connectivity index (χ4v) is 5.15. The molecule has 2 aliphatic heterocycles. The van der Waals surface area contributed by atoms with Crippen LogP contribution in [-0.2, 0) is 4.74 Å². The van der Waals surface area contributed by atoms with Gasteiger partial charge < -0.3 is 23.9 Å². The molecule has 1 amide bonds. The van der Waals surface area contributed by atoms with E-state index in [1.165, 1.54) is 7.11 Å². The molecular formula is C25H25BrN2O6. The summed E-state index contributed by atoms with van der Waals surface area (Å²) >= 11 is 3.37. The van der Waals surface area contributed by atoms with E-state index < -0.39 is 6.04 Å². The second-order valence-corrected chi connectivity index (χ2v) is 9.44. The van der Waals surface area contributed by atoms with Gasteiger partial charge in [0.15, 0.2) is 16.9 Å². The van der Waals surface area contributed by atoms with E-state index in [0.29, 0.717) is 52.9 Å². The van der Waals surface area contributed by atoms with Crippen molar-refractivity contribution in [1.82, 2.24) is 9.80 Å². The van der Waals surface area contributed by atoms with Gasteiger partial charge in [0, 0.05) is 26.2 Å². The standard InChI is InChI=1S/C25H25BrN2O6/c1-14-3-4-18-16(11-14)22(29)20-21(15-12-17(26)23(30)19(13-15)32-2)28(25(31)24(20)34-18)6-5-27-7-9-33-10-8-27/h3-4,11-13,21,30H,5-10H2,1-2H3. The molecule has 5 rings (SSSR count). The molecule has 1 aromatic heterocycles. The lowest BCUT2D eigenvalue weighted by Gasteiger charge is -2.31. The van der Waals surface area contributed by atoms with Gasteiger partial charge in [0.05, 0.1) is 41.8 Å². The maximum Gasteiger partial charge on any atom is 0.290 e. The molecule has 0 aliphatic carbocycles. The zero-order chi connectivity index (χ0) is 24.0. The maximum atomic E-state index is 13.7. The first-order chi connectivity index (χ1) is 16.4. The van der Waals surface area contributed by atoms with Crippen molar-refractivity contribution in [2.75, 3.05) is 46.5 Å². The van der Waals surface area contributed by atoms with E-state index in [9.17, 15) is 14.7 Å². The van der Waals surface area contributed by atoms with E-state index in [1.54, 1.807) is 29.2 Å². The fraction of sp³-hybridized carbons (Fsp3) is 0.360. The Morgan fingerprint density at radius 2 is 1.91 bits per heavy atom. The number of morpholine rings is 1. The summed E-state index contributed by atoms with van der Waals surface area (Å²) in [6.07, 6.45) is 0. The summed E-state index contributed by atoms with van der Waals surface area (Å²) in [4.78, 5) is 31.2. The Hall–Kier alpha value is -2.88. The van der Waals surface area contributed by atoms with Crippen LogP contribution in [0.1, 0.15) is 33.3 Å². The number of benzene rings is 2. The van der Waals surface area contributed by atoms with Gasteiger partial charge in [-0.25, -0.2) is 0 Å². The van der Waals surface area contributed by atoms with Gasteiger partial charge in [-0.2, -0.15) is 0 Å². The van der Waals surface area contributed by atoms with Crippen molar-refractivity contribution in [3.63, 3.8) is 0 Å². The molecule has 8 nitrogen and oxygen atoms in total. The molecule has 2 aliphatic rings. The van der Waals surface area contributed by atoms with E-state index in [-0.39, 0.29) is 28.6 Å². The molecule has 1 fully saturated rings. The number of ether oxygens (including phenoxy) is 2.